The Kier molecular flexibility index (Phi) is 5.11. The highest BCUT2D eigenvalue weighted by Crippen LogP contribution is 2.19. The molecule has 1 heterocycles. The standard InChI is InChI=1S/C9H12F3N3O4S/c1-2-19-8(16)6-5-13-15-7(6)20(17,18)14-4-3-9(10,11)12/h5,14H,2-4H2,1H3,(H,13,15). The second-order valence-electron chi connectivity index (χ2n) is 3.60. The molecular formula is C9H12F3N3O4S. The normalized spacial score (nSPS) is 12.4. The van der Waals surface area contributed by atoms with Crippen molar-refractivity contribution >= 4 is 16.0 Å². The molecule has 0 atom stereocenters. The number of esters is 1. The average molecular weight is 315 g/mol. The summed E-state index contributed by atoms with van der Waals surface area (Å²) in [6.45, 7) is 0.700. The van der Waals surface area contributed by atoms with E-state index in [2.05, 4.69) is 14.9 Å². The van der Waals surface area contributed by atoms with Crippen LogP contribution in [0.2, 0.25) is 0 Å². The van der Waals surface area contributed by atoms with Crippen molar-refractivity contribution in [2.75, 3.05) is 13.2 Å². The molecule has 7 nitrogen and oxygen atoms in total. The van der Waals surface area contributed by atoms with Crippen LogP contribution in [-0.4, -0.2) is 43.9 Å². The lowest BCUT2D eigenvalue weighted by molar-refractivity contribution is -0.132. The second-order valence-corrected chi connectivity index (χ2v) is 5.30. The number of H-pyrrole nitrogens is 1. The van der Waals surface area contributed by atoms with Gasteiger partial charge in [-0.15, -0.1) is 0 Å². The van der Waals surface area contributed by atoms with Crippen molar-refractivity contribution in [3.05, 3.63) is 11.8 Å². The Bertz CT molecular complexity index is 567. The van der Waals surface area contributed by atoms with E-state index in [0.29, 0.717) is 0 Å². The van der Waals surface area contributed by atoms with E-state index < -0.39 is 40.2 Å². The van der Waals surface area contributed by atoms with Crippen molar-refractivity contribution in [2.45, 2.75) is 24.5 Å². The van der Waals surface area contributed by atoms with E-state index in [4.69, 9.17) is 0 Å². The molecule has 0 radical (unpaired) electrons. The maximum Gasteiger partial charge on any atom is 0.390 e. The van der Waals surface area contributed by atoms with Crippen molar-refractivity contribution in [1.29, 1.82) is 0 Å². The predicted octanol–water partition coefficient (Wildman–Crippen LogP) is 0.817. The molecule has 0 aliphatic heterocycles. The Morgan fingerprint density at radius 3 is 2.70 bits per heavy atom. The van der Waals surface area contributed by atoms with Crippen molar-refractivity contribution < 1.29 is 31.1 Å². The van der Waals surface area contributed by atoms with Gasteiger partial charge >= 0.3 is 12.1 Å². The molecule has 0 spiro atoms. The van der Waals surface area contributed by atoms with Crippen LogP contribution in [-0.2, 0) is 14.8 Å². The van der Waals surface area contributed by atoms with Crippen LogP contribution >= 0.6 is 0 Å². The summed E-state index contributed by atoms with van der Waals surface area (Å²) in [5.74, 6) is -0.933. The molecule has 2 N–H and O–H groups in total. The fourth-order valence-electron chi connectivity index (χ4n) is 1.23. The fourth-order valence-corrected chi connectivity index (χ4v) is 2.35. The number of rotatable bonds is 6. The first-order valence-corrected chi connectivity index (χ1v) is 6.92. The summed E-state index contributed by atoms with van der Waals surface area (Å²) in [6, 6.07) is 0. The van der Waals surface area contributed by atoms with Crippen LogP contribution in [0.15, 0.2) is 11.2 Å². The van der Waals surface area contributed by atoms with E-state index in [-0.39, 0.29) is 12.2 Å². The van der Waals surface area contributed by atoms with Gasteiger partial charge in [0.05, 0.1) is 19.2 Å². The van der Waals surface area contributed by atoms with Crippen molar-refractivity contribution in [3.63, 3.8) is 0 Å². The number of alkyl halides is 3. The van der Waals surface area contributed by atoms with Crippen molar-refractivity contribution in [3.8, 4) is 0 Å². The van der Waals surface area contributed by atoms with E-state index in [0.717, 1.165) is 6.20 Å². The number of hydrogen-bond acceptors (Lipinski definition) is 5. The van der Waals surface area contributed by atoms with Gasteiger partial charge in [-0.2, -0.15) is 18.3 Å². The minimum atomic E-state index is -4.49. The van der Waals surface area contributed by atoms with Gasteiger partial charge in [0, 0.05) is 6.54 Å². The summed E-state index contributed by atoms with van der Waals surface area (Å²) in [5.41, 5.74) is -0.369. The number of sulfonamides is 1. The summed E-state index contributed by atoms with van der Waals surface area (Å²) < 4.78 is 65.7. The molecular weight excluding hydrogens is 303 g/mol. The maximum atomic E-state index is 12.0. The van der Waals surface area contributed by atoms with Gasteiger partial charge in [0.15, 0.2) is 5.03 Å². The van der Waals surface area contributed by atoms with Gasteiger partial charge in [0.1, 0.15) is 5.56 Å². The summed E-state index contributed by atoms with van der Waals surface area (Å²) in [4.78, 5) is 11.5. The zero-order chi connectivity index (χ0) is 15.4. The quantitative estimate of drug-likeness (QED) is 0.757. The minimum Gasteiger partial charge on any atom is -0.462 e. The molecule has 0 fully saturated rings. The number of ether oxygens (including phenoxy) is 1. The molecule has 0 saturated carbocycles. The maximum absolute atomic E-state index is 12.0. The van der Waals surface area contributed by atoms with E-state index in [1.807, 2.05) is 0 Å². The van der Waals surface area contributed by atoms with Crippen LogP contribution in [0.25, 0.3) is 0 Å². The molecule has 0 unspecified atom stereocenters. The molecule has 114 valence electrons. The van der Waals surface area contributed by atoms with E-state index in [9.17, 15) is 26.4 Å². The van der Waals surface area contributed by atoms with Gasteiger partial charge < -0.3 is 4.74 Å². The number of carbonyl (C=O) groups is 1. The average Bonchev–Trinajstić information content (AvgIpc) is 2.76. The molecule has 0 amide bonds. The highest BCUT2D eigenvalue weighted by molar-refractivity contribution is 7.89. The summed E-state index contributed by atoms with van der Waals surface area (Å²) in [7, 11) is -4.30. The number of nitrogens with one attached hydrogen (secondary N) is 2. The van der Waals surface area contributed by atoms with Crippen LogP contribution in [0.4, 0.5) is 13.2 Å². The van der Waals surface area contributed by atoms with Crippen LogP contribution in [0, 0.1) is 0 Å². The van der Waals surface area contributed by atoms with E-state index in [1.54, 1.807) is 4.72 Å². The van der Waals surface area contributed by atoms with E-state index >= 15 is 0 Å². The smallest absolute Gasteiger partial charge is 0.390 e. The van der Waals surface area contributed by atoms with Crippen LogP contribution < -0.4 is 4.72 Å². The largest absolute Gasteiger partial charge is 0.462 e. The molecule has 0 aliphatic carbocycles. The van der Waals surface area contributed by atoms with Gasteiger partial charge in [0.2, 0.25) is 0 Å². The Labute approximate surface area is 112 Å². The second kappa shape index (κ2) is 6.22. The molecule has 0 saturated heterocycles. The van der Waals surface area contributed by atoms with Crippen LogP contribution in [0.3, 0.4) is 0 Å². The Morgan fingerprint density at radius 2 is 2.15 bits per heavy atom. The van der Waals surface area contributed by atoms with Gasteiger partial charge in [-0.3, -0.25) is 5.10 Å². The lowest BCUT2D eigenvalue weighted by Gasteiger charge is -2.08. The zero-order valence-electron chi connectivity index (χ0n) is 10.3. The Balaban J connectivity index is 2.83. The molecule has 0 bridgehead atoms. The van der Waals surface area contributed by atoms with Gasteiger partial charge in [0.25, 0.3) is 10.0 Å². The number of hydrogen-bond donors (Lipinski definition) is 2. The first-order valence-electron chi connectivity index (χ1n) is 5.44. The highest BCUT2D eigenvalue weighted by Gasteiger charge is 2.30. The number of carbonyl (C=O) groups excluding carboxylic acids is 1. The Morgan fingerprint density at radius 1 is 1.50 bits per heavy atom. The number of aromatic amines is 1. The topological polar surface area (TPSA) is 101 Å². The van der Waals surface area contributed by atoms with Gasteiger partial charge in [-0.25, -0.2) is 17.9 Å². The third-order valence-electron chi connectivity index (χ3n) is 2.07. The lowest BCUT2D eigenvalue weighted by atomic mass is 10.4. The lowest BCUT2D eigenvalue weighted by Crippen LogP contribution is -2.29. The third kappa shape index (κ3) is 4.49. The number of aromatic nitrogens is 2. The summed E-state index contributed by atoms with van der Waals surface area (Å²) in [6.07, 6.45) is -4.88. The van der Waals surface area contributed by atoms with Crippen molar-refractivity contribution in [2.24, 2.45) is 0 Å². The highest BCUT2D eigenvalue weighted by atomic mass is 32.2. The first kappa shape index (κ1) is 16.4. The molecule has 20 heavy (non-hydrogen) atoms. The van der Waals surface area contributed by atoms with Gasteiger partial charge in [-0.1, -0.05) is 0 Å². The third-order valence-corrected chi connectivity index (χ3v) is 3.50. The minimum absolute atomic E-state index is 0.0189. The summed E-state index contributed by atoms with van der Waals surface area (Å²) >= 11 is 0. The monoisotopic (exact) mass is 315 g/mol. The molecule has 0 aromatic carbocycles. The SMILES string of the molecule is CCOC(=O)c1cn[nH]c1S(=O)(=O)NCCC(F)(F)F. The van der Waals surface area contributed by atoms with Crippen LogP contribution in [0.5, 0.6) is 0 Å². The summed E-state index contributed by atoms with van der Waals surface area (Å²) in [5, 5.41) is 4.81. The molecule has 1 aromatic rings. The first-order chi connectivity index (χ1) is 9.17. The molecule has 0 aliphatic rings. The molecule has 1 rings (SSSR count). The zero-order valence-corrected chi connectivity index (χ0v) is 11.1. The van der Waals surface area contributed by atoms with Crippen molar-refractivity contribution in [1.82, 2.24) is 14.9 Å². The van der Waals surface area contributed by atoms with Gasteiger partial charge in [-0.05, 0) is 6.92 Å². The fraction of sp³-hybridized carbons (Fsp3) is 0.556. The number of nitrogens with zero attached hydrogens (tertiary/aromatic N) is 1. The molecule has 1 aromatic heterocycles. The predicted molar refractivity (Wildman–Crippen MR) is 60.4 cm³/mol. The van der Waals surface area contributed by atoms with Crippen LogP contribution in [0.1, 0.15) is 23.7 Å². The number of halogens is 3. The van der Waals surface area contributed by atoms with E-state index in [1.165, 1.54) is 6.92 Å². The Hall–Kier alpha value is -1.62. The molecule has 11 heteroatoms.